The van der Waals surface area contributed by atoms with Crippen molar-refractivity contribution in [1.29, 1.82) is 0 Å². The lowest BCUT2D eigenvalue weighted by molar-refractivity contribution is -0.147. The van der Waals surface area contributed by atoms with Crippen LogP contribution in [0.1, 0.15) is 90.9 Å². The lowest BCUT2D eigenvalue weighted by atomic mass is 10.2. The Morgan fingerprint density at radius 1 is 0.795 bits per heavy atom. The number of allylic oxidation sites excluding steroid dienone is 8. The Balaban J connectivity index is 3.73. The third kappa shape index (κ3) is 27.3. The van der Waals surface area contributed by atoms with Crippen molar-refractivity contribution in [3.8, 4) is 0 Å². The lowest BCUT2D eigenvalue weighted by Gasteiger charge is -2.15. The zero-order chi connectivity index (χ0) is 29.0. The number of ether oxygens (including phenoxy) is 1. The number of hydrogen-bond donors (Lipinski definition) is 3. The number of phosphoric acid groups is 1. The normalized spacial score (nSPS) is 14.5. The minimum Gasteiger partial charge on any atom is -0.463 e. The molecule has 0 aliphatic carbocycles. The van der Waals surface area contributed by atoms with E-state index in [1.165, 1.54) is 25.7 Å². The predicted molar refractivity (Wildman–Crippen MR) is 155 cm³/mol. The topological polar surface area (TPSA) is 131 Å². The molecule has 9 nitrogen and oxygen atoms in total. The molecular weight excluding hydrogens is 521 g/mol. The molecule has 0 aliphatic heterocycles. The molecule has 0 saturated heterocycles. The number of aliphatic hydroxyl groups is 1. The van der Waals surface area contributed by atoms with Crippen molar-refractivity contribution in [2.75, 3.05) is 26.4 Å². The first-order valence-corrected chi connectivity index (χ1v) is 15.6. The summed E-state index contributed by atoms with van der Waals surface area (Å²) >= 11 is 0. The average Bonchev–Trinajstić information content (AvgIpc) is 2.90. The quantitative estimate of drug-likeness (QED) is 0.0520. The van der Waals surface area contributed by atoms with Crippen LogP contribution in [0.4, 0.5) is 0 Å². The number of rotatable bonds is 25. The summed E-state index contributed by atoms with van der Waals surface area (Å²) in [5.74, 6) is -0.637. The van der Waals surface area contributed by atoms with Gasteiger partial charge >= 0.3 is 13.8 Å². The van der Waals surface area contributed by atoms with Crippen LogP contribution in [0.3, 0.4) is 0 Å². The maximum absolute atomic E-state index is 11.9. The Hall–Kier alpha value is -2.03. The molecule has 3 N–H and O–H groups in total. The Kier molecular flexibility index (Phi) is 24.8. The molecular formula is C29H50NO8P. The highest BCUT2D eigenvalue weighted by atomic mass is 31.2. The highest BCUT2D eigenvalue weighted by Gasteiger charge is 2.23. The molecule has 39 heavy (non-hydrogen) atoms. The fourth-order valence-corrected chi connectivity index (χ4v) is 3.87. The summed E-state index contributed by atoms with van der Waals surface area (Å²) in [7, 11) is -4.40. The Morgan fingerprint density at radius 3 is 1.97 bits per heavy atom. The summed E-state index contributed by atoms with van der Waals surface area (Å²) in [4.78, 5) is 32.7. The van der Waals surface area contributed by atoms with Gasteiger partial charge in [-0.15, -0.1) is 0 Å². The summed E-state index contributed by atoms with van der Waals surface area (Å²) < 4.78 is 26.0. The zero-order valence-electron chi connectivity index (χ0n) is 23.8. The Morgan fingerprint density at radius 2 is 1.38 bits per heavy atom. The van der Waals surface area contributed by atoms with Gasteiger partial charge in [-0.2, -0.15) is 0 Å². The van der Waals surface area contributed by atoms with Crippen LogP contribution in [0.15, 0.2) is 48.6 Å². The number of carbonyl (C=O) groups excluding carboxylic acids is 2. The average molecular weight is 572 g/mol. The molecule has 1 amide bonds. The summed E-state index contributed by atoms with van der Waals surface area (Å²) in [6.07, 6.45) is 26.5. The van der Waals surface area contributed by atoms with Crippen LogP contribution >= 0.6 is 7.82 Å². The maximum atomic E-state index is 11.9. The second kappa shape index (κ2) is 26.2. The highest BCUT2D eigenvalue weighted by Crippen LogP contribution is 2.42. The molecule has 2 unspecified atom stereocenters. The zero-order valence-corrected chi connectivity index (χ0v) is 24.7. The van der Waals surface area contributed by atoms with Gasteiger partial charge < -0.3 is 20.1 Å². The number of nitrogens with one attached hydrogen (secondary N) is 1. The largest absolute Gasteiger partial charge is 0.472 e. The second-order valence-electron chi connectivity index (χ2n) is 9.02. The monoisotopic (exact) mass is 571 g/mol. The number of hydrogen-bond acceptors (Lipinski definition) is 7. The van der Waals surface area contributed by atoms with E-state index >= 15 is 0 Å². The van der Waals surface area contributed by atoms with Gasteiger partial charge in [0.25, 0.3) is 0 Å². The minimum atomic E-state index is -4.40. The van der Waals surface area contributed by atoms with Gasteiger partial charge in [-0.25, -0.2) is 4.57 Å². The predicted octanol–water partition coefficient (Wildman–Crippen LogP) is 6.09. The molecule has 0 aromatic heterocycles. The van der Waals surface area contributed by atoms with Crippen molar-refractivity contribution in [2.45, 2.75) is 97.0 Å². The molecule has 0 fully saturated rings. The van der Waals surface area contributed by atoms with Gasteiger partial charge in [0, 0.05) is 19.4 Å². The number of amides is 1. The van der Waals surface area contributed by atoms with Gasteiger partial charge in [-0.05, 0) is 51.4 Å². The van der Waals surface area contributed by atoms with E-state index < -0.39 is 26.5 Å². The van der Waals surface area contributed by atoms with E-state index in [2.05, 4.69) is 65.4 Å². The van der Waals surface area contributed by atoms with E-state index in [0.29, 0.717) is 19.3 Å². The van der Waals surface area contributed by atoms with Crippen LogP contribution in [-0.4, -0.2) is 54.3 Å². The third-order valence-corrected chi connectivity index (χ3v) is 6.22. The molecule has 2 atom stereocenters. The summed E-state index contributed by atoms with van der Waals surface area (Å²) in [5, 5.41) is 12.3. The number of carbonyl (C=O) groups is 2. The van der Waals surface area contributed by atoms with Crippen molar-refractivity contribution in [2.24, 2.45) is 0 Å². The van der Waals surface area contributed by atoms with E-state index in [1.54, 1.807) is 0 Å². The van der Waals surface area contributed by atoms with E-state index in [9.17, 15) is 24.2 Å². The molecule has 0 saturated carbocycles. The maximum Gasteiger partial charge on any atom is 0.472 e. The van der Waals surface area contributed by atoms with Crippen LogP contribution in [0, 0.1) is 0 Å². The van der Waals surface area contributed by atoms with Crippen LogP contribution in [-0.2, 0) is 27.9 Å². The molecule has 0 bridgehead atoms. The number of esters is 1. The van der Waals surface area contributed by atoms with Gasteiger partial charge in [-0.1, -0.05) is 75.3 Å². The van der Waals surface area contributed by atoms with Gasteiger partial charge in [0.05, 0.1) is 13.2 Å². The van der Waals surface area contributed by atoms with Gasteiger partial charge in [0.1, 0.15) is 12.7 Å². The Bertz CT molecular complexity index is 794. The number of phosphoric ester groups is 1. The SMILES string of the molecule is CCCCC/C=C\C/C=C\C/C=C\C/C=C\CCCC(=O)NCCOP(=O)(O)OCC(O)COC(=O)CCC. The molecule has 10 heteroatoms. The summed E-state index contributed by atoms with van der Waals surface area (Å²) in [6, 6.07) is 0. The van der Waals surface area contributed by atoms with Crippen LogP contribution in [0.25, 0.3) is 0 Å². The van der Waals surface area contributed by atoms with Gasteiger partial charge in [0.15, 0.2) is 0 Å². The molecule has 0 heterocycles. The van der Waals surface area contributed by atoms with E-state index in [0.717, 1.165) is 25.7 Å². The van der Waals surface area contributed by atoms with Crippen molar-refractivity contribution >= 4 is 19.7 Å². The first-order valence-electron chi connectivity index (χ1n) is 14.1. The van der Waals surface area contributed by atoms with Gasteiger partial charge in [-0.3, -0.25) is 18.6 Å². The molecule has 0 aromatic carbocycles. The molecule has 0 rings (SSSR count). The highest BCUT2D eigenvalue weighted by molar-refractivity contribution is 7.47. The number of aliphatic hydroxyl groups excluding tert-OH is 1. The molecule has 0 aromatic rings. The number of unbranched alkanes of at least 4 members (excludes halogenated alkanes) is 4. The van der Waals surface area contributed by atoms with Crippen molar-refractivity contribution in [3.05, 3.63) is 48.6 Å². The van der Waals surface area contributed by atoms with Crippen molar-refractivity contribution < 1.29 is 37.9 Å². The minimum absolute atomic E-state index is 0.0499. The summed E-state index contributed by atoms with van der Waals surface area (Å²) in [6.45, 7) is 2.99. The van der Waals surface area contributed by atoms with Crippen molar-refractivity contribution in [1.82, 2.24) is 5.32 Å². The first kappa shape index (κ1) is 37.0. The van der Waals surface area contributed by atoms with Crippen LogP contribution in [0.2, 0.25) is 0 Å². The Labute approximate surface area is 235 Å². The van der Waals surface area contributed by atoms with Crippen LogP contribution < -0.4 is 5.32 Å². The smallest absolute Gasteiger partial charge is 0.463 e. The van der Waals surface area contributed by atoms with Crippen LogP contribution in [0.5, 0.6) is 0 Å². The standard InChI is InChI=1S/C29H50NO8P/c1-3-5-6-7-8-9-10-11-12-13-14-15-16-17-18-19-20-22-28(32)30-23-24-37-39(34,35)38-26-27(31)25-36-29(33)21-4-2/h8-9,11-12,14-15,17-18,27,31H,3-7,10,13,16,19-26H2,1-2H3,(H,30,32)(H,34,35)/b9-8-,12-11-,15-14-,18-17-. The third-order valence-electron chi connectivity index (χ3n) is 5.23. The molecule has 0 spiro atoms. The van der Waals surface area contributed by atoms with E-state index in [1.807, 2.05) is 6.92 Å². The van der Waals surface area contributed by atoms with E-state index in [-0.39, 0.29) is 32.1 Å². The van der Waals surface area contributed by atoms with Gasteiger partial charge in [0.2, 0.25) is 5.91 Å². The molecule has 0 aliphatic rings. The van der Waals surface area contributed by atoms with E-state index in [4.69, 9.17) is 9.26 Å². The molecule has 224 valence electrons. The lowest BCUT2D eigenvalue weighted by Crippen LogP contribution is -2.27. The van der Waals surface area contributed by atoms with Crippen molar-refractivity contribution in [3.63, 3.8) is 0 Å². The molecule has 0 radical (unpaired) electrons. The second-order valence-corrected chi connectivity index (χ2v) is 10.5. The fourth-order valence-electron chi connectivity index (χ4n) is 3.11. The fraction of sp³-hybridized carbons (Fsp3) is 0.655. The summed E-state index contributed by atoms with van der Waals surface area (Å²) in [5.41, 5.74) is 0. The first-order chi connectivity index (χ1) is 18.8.